The van der Waals surface area contributed by atoms with Crippen molar-refractivity contribution in [2.45, 2.75) is 6.42 Å². The van der Waals surface area contributed by atoms with Crippen LogP contribution in [0.1, 0.15) is 17.0 Å². The van der Waals surface area contributed by atoms with Crippen molar-refractivity contribution in [2.75, 3.05) is 0 Å². The minimum Gasteiger partial charge on any atom is -0.309 e. The molecule has 0 unspecified atom stereocenters. The van der Waals surface area contributed by atoms with Gasteiger partial charge in [-0.25, -0.2) is 4.98 Å². The lowest BCUT2D eigenvalue weighted by molar-refractivity contribution is 0.939. The monoisotopic (exact) mass is 279 g/mol. The van der Waals surface area contributed by atoms with Crippen LogP contribution in [-0.4, -0.2) is 9.97 Å². The second-order valence-corrected chi connectivity index (χ2v) is 4.44. The van der Waals surface area contributed by atoms with Crippen molar-refractivity contribution in [3.63, 3.8) is 0 Å². The van der Waals surface area contributed by atoms with Crippen LogP contribution >= 0.6 is 23.2 Å². The van der Waals surface area contributed by atoms with E-state index in [1.807, 2.05) is 0 Å². The molecule has 0 fully saturated rings. The van der Waals surface area contributed by atoms with E-state index in [9.17, 15) is 4.79 Å². The van der Waals surface area contributed by atoms with Gasteiger partial charge in [0.05, 0.1) is 6.20 Å². The van der Waals surface area contributed by atoms with Crippen LogP contribution in [0.25, 0.3) is 0 Å². The molecule has 0 aliphatic carbocycles. The van der Waals surface area contributed by atoms with Crippen molar-refractivity contribution in [1.82, 2.24) is 9.97 Å². The zero-order chi connectivity index (χ0) is 13.1. The lowest BCUT2D eigenvalue weighted by Crippen LogP contribution is -2.14. The summed E-state index contributed by atoms with van der Waals surface area (Å²) in [5.74, 6) is 0.447. The van der Waals surface area contributed by atoms with Gasteiger partial charge in [-0.2, -0.15) is 5.26 Å². The van der Waals surface area contributed by atoms with Crippen molar-refractivity contribution in [3.05, 3.63) is 61.7 Å². The highest BCUT2D eigenvalue weighted by Gasteiger charge is 2.06. The summed E-state index contributed by atoms with van der Waals surface area (Å²) in [5.41, 5.74) is 0.336. The zero-order valence-corrected chi connectivity index (χ0v) is 10.6. The smallest absolute Gasteiger partial charge is 0.268 e. The molecule has 1 aromatic heterocycles. The number of hydrogen-bond acceptors (Lipinski definition) is 3. The van der Waals surface area contributed by atoms with Gasteiger partial charge in [0, 0.05) is 16.5 Å². The number of halogens is 2. The largest absolute Gasteiger partial charge is 0.309 e. The van der Waals surface area contributed by atoms with E-state index >= 15 is 0 Å². The van der Waals surface area contributed by atoms with E-state index in [1.54, 1.807) is 24.3 Å². The first kappa shape index (κ1) is 12.6. The standard InChI is InChI=1S/C12H7Cl2N3O/c13-9-2-1-7(10(14)4-9)3-11-16-6-8(5-15)12(18)17-11/h1-2,4,6H,3H2,(H,16,17,18). The summed E-state index contributed by atoms with van der Waals surface area (Å²) in [6, 6.07) is 6.86. The molecule has 1 N–H and O–H groups in total. The third-order valence-electron chi connectivity index (χ3n) is 2.35. The summed E-state index contributed by atoms with van der Waals surface area (Å²) < 4.78 is 0. The van der Waals surface area contributed by atoms with Crippen LogP contribution in [0.2, 0.25) is 10.0 Å². The summed E-state index contributed by atoms with van der Waals surface area (Å²) in [5, 5.41) is 9.68. The van der Waals surface area contributed by atoms with E-state index in [0.717, 1.165) is 5.56 Å². The third-order valence-corrected chi connectivity index (χ3v) is 2.93. The second kappa shape index (κ2) is 5.21. The molecule has 6 heteroatoms. The molecule has 0 atom stereocenters. The highest BCUT2D eigenvalue weighted by atomic mass is 35.5. The van der Waals surface area contributed by atoms with Gasteiger partial charge in [0.1, 0.15) is 17.5 Å². The molecule has 4 nitrogen and oxygen atoms in total. The summed E-state index contributed by atoms with van der Waals surface area (Å²) in [6.07, 6.45) is 1.62. The van der Waals surface area contributed by atoms with Crippen molar-refractivity contribution in [3.8, 4) is 6.07 Å². The molecule has 2 aromatic rings. The van der Waals surface area contributed by atoms with Crippen molar-refractivity contribution in [2.24, 2.45) is 0 Å². The average molecular weight is 280 g/mol. The van der Waals surface area contributed by atoms with Crippen LogP contribution in [0.15, 0.2) is 29.2 Å². The summed E-state index contributed by atoms with van der Waals surface area (Å²) in [6.45, 7) is 0. The second-order valence-electron chi connectivity index (χ2n) is 3.60. The molecule has 0 spiro atoms. The van der Waals surface area contributed by atoms with Gasteiger partial charge in [0.15, 0.2) is 0 Å². The fourth-order valence-corrected chi connectivity index (χ4v) is 1.92. The first-order valence-corrected chi connectivity index (χ1v) is 5.78. The van der Waals surface area contributed by atoms with E-state index in [0.29, 0.717) is 22.3 Å². The maximum Gasteiger partial charge on any atom is 0.268 e. The van der Waals surface area contributed by atoms with Gasteiger partial charge in [-0.15, -0.1) is 0 Å². The Labute approximate surface area is 113 Å². The average Bonchev–Trinajstić information content (AvgIpc) is 2.33. The summed E-state index contributed by atoms with van der Waals surface area (Å²) >= 11 is 11.8. The Kier molecular flexibility index (Phi) is 3.66. The van der Waals surface area contributed by atoms with E-state index in [1.165, 1.54) is 6.20 Å². The minimum atomic E-state index is -0.451. The topological polar surface area (TPSA) is 69.5 Å². The van der Waals surface area contributed by atoms with E-state index in [2.05, 4.69) is 9.97 Å². The molecule has 0 aliphatic rings. The Hall–Kier alpha value is -1.83. The van der Waals surface area contributed by atoms with Crippen molar-refractivity contribution < 1.29 is 0 Å². The Morgan fingerprint density at radius 1 is 1.39 bits per heavy atom. The van der Waals surface area contributed by atoms with Gasteiger partial charge in [-0.1, -0.05) is 29.3 Å². The number of nitrogens with zero attached hydrogens (tertiary/aromatic N) is 2. The Bertz CT molecular complexity index is 688. The molecule has 18 heavy (non-hydrogen) atoms. The molecular weight excluding hydrogens is 273 g/mol. The van der Waals surface area contributed by atoms with Crippen LogP contribution in [-0.2, 0) is 6.42 Å². The molecular formula is C12H7Cl2N3O. The summed E-state index contributed by atoms with van der Waals surface area (Å²) in [4.78, 5) is 18.0. The Morgan fingerprint density at radius 2 is 2.17 bits per heavy atom. The predicted octanol–water partition coefficient (Wildman–Crippen LogP) is 2.54. The molecule has 0 amide bonds. The number of aromatic amines is 1. The number of H-pyrrole nitrogens is 1. The number of benzene rings is 1. The molecule has 0 saturated carbocycles. The summed E-state index contributed by atoms with van der Waals surface area (Å²) in [7, 11) is 0. The van der Waals surface area contributed by atoms with Crippen LogP contribution in [0.3, 0.4) is 0 Å². The van der Waals surface area contributed by atoms with Crippen LogP contribution in [0.4, 0.5) is 0 Å². The van der Waals surface area contributed by atoms with Gasteiger partial charge in [-0.05, 0) is 17.7 Å². The quantitative estimate of drug-likeness (QED) is 0.919. The number of nitrogens with one attached hydrogen (secondary N) is 1. The number of aromatic nitrogens is 2. The Morgan fingerprint density at radius 3 is 2.78 bits per heavy atom. The highest BCUT2D eigenvalue weighted by Crippen LogP contribution is 2.22. The number of rotatable bonds is 2. The lowest BCUT2D eigenvalue weighted by atomic mass is 10.1. The zero-order valence-electron chi connectivity index (χ0n) is 9.08. The van der Waals surface area contributed by atoms with Crippen molar-refractivity contribution >= 4 is 23.2 Å². The van der Waals surface area contributed by atoms with Gasteiger partial charge in [0.25, 0.3) is 5.56 Å². The van der Waals surface area contributed by atoms with Gasteiger partial charge in [-0.3, -0.25) is 4.79 Å². The molecule has 0 saturated heterocycles. The number of hydrogen-bond donors (Lipinski definition) is 1. The van der Waals surface area contributed by atoms with E-state index < -0.39 is 5.56 Å². The van der Waals surface area contributed by atoms with E-state index in [-0.39, 0.29) is 5.56 Å². The molecule has 1 aromatic carbocycles. The molecule has 2 rings (SSSR count). The first-order chi connectivity index (χ1) is 8.60. The molecule has 1 heterocycles. The normalized spacial score (nSPS) is 10.1. The first-order valence-electron chi connectivity index (χ1n) is 5.02. The van der Waals surface area contributed by atoms with Gasteiger partial charge in [0.2, 0.25) is 0 Å². The lowest BCUT2D eigenvalue weighted by Gasteiger charge is -2.04. The molecule has 0 bridgehead atoms. The van der Waals surface area contributed by atoms with Crippen LogP contribution in [0.5, 0.6) is 0 Å². The molecule has 90 valence electrons. The van der Waals surface area contributed by atoms with Crippen LogP contribution in [0, 0.1) is 11.3 Å². The highest BCUT2D eigenvalue weighted by molar-refractivity contribution is 6.35. The van der Waals surface area contributed by atoms with E-state index in [4.69, 9.17) is 28.5 Å². The maximum absolute atomic E-state index is 11.4. The fourth-order valence-electron chi connectivity index (χ4n) is 1.45. The fraction of sp³-hybridized carbons (Fsp3) is 0.0833. The van der Waals surface area contributed by atoms with Gasteiger partial charge >= 0.3 is 0 Å². The maximum atomic E-state index is 11.4. The van der Waals surface area contributed by atoms with Crippen molar-refractivity contribution in [1.29, 1.82) is 5.26 Å². The minimum absolute atomic E-state index is 0.0130. The predicted molar refractivity (Wildman–Crippen MR) is 68.8 cm³/mol. The van der Waals surface area contributed by atoms with Crippen LogP contribution < -0.4 is 5.56 Å². The molecule has 0 radical (unpaired) electrons. The number of nitriles is 1. The molecule has 0 aliphatic heterocycles. The van der Waals surface area contributed by atoms with Gasteiger partial charge < -0.3 is 4.98 Å². The third kappa shape index (κ3) is 2.70. The Balaban J connectivity index is 2.32. The SMILES string of the molecule is N#Cc1cnc(Cc2ccc(Cl)cc2Cl)[nH]c1=O.